The first kappa shape index (κ1) is 19.1. The summed E-state index contributed by atoms with van der Waals surface area (Å²) in [6.45, 7) is 3.88. The molecule has 1 aliphatic heterocycles. The molecule has 3 N–H and O–H groups in total. The molecule has 1 atom stereocenters. The highest BCUT2D eigenvalue weighted by Gasteiger charge is 2.31. The first-order valence-electron chi connectivity index (χ1n) is 10.2. The van der Waals surface area contributed by atoms with Gasteiger partial charge in [-0.3, -0.25) is 4.68 Å². The Balaban J connectivity index is 1.37. The topological polar surface area (TPSA) is 122 Å². The van der Waals surface area contributed by atoms with Gasteiger partial charge in [-0.1, -0.05) is 6.92 Å². The number of anilines is 3. The summed E-state index contributed by atoms with van der Waals surface area (Å²) in [5, 5.41) is 8.17. The summed E-state index contributed by atoms with van der Waals surface area (Å²) in [5.41, 5.74) is 8.08. The zero-order valence-corrected chi connectivity index (χ0v) is 17.4. The van der Waals surface area contributed by atoms with Crippen molar-refractivity contribution in [1.29, 1.82) is 0 Å². The fourth-order valence-electron chi connectivity index (χ4n) is 4.15. The lowest BCUT2D eigenvalue weighted by molar-refractivity contribution is 0.197. The molecule has 4 aromatic heterocycles. The number of fused-ring (bicyclic) bond motifs is 2. The van der Waals surface area contributed by atoms with Crippen LogP contribution >= 0.6 is 0 Å². The summed E-state index contributed by atoms with van der Waals surface area (Å²) in [5.74, 6) is 0.985. The summed E-state index contributed by atoms with van der Waals surface area (Å²) in [6.07, 6.45) is 8.08. The SMILES string of the molecule is CC[C@H]1CN(C(=O)Nc2cccn3ccnc23)CCN1c1nc(N)nc2c1cnn2C. The molecule has 1 saturated heterocycles. The number of piperazine rings is 1. The molecule has 0 aliphatic carbocycles. The Morgan fingerprint density at radius 3 is 2.97 bits per heavy atom. The Labute approximate surface area is 178 Å². The lowest BCUT2D eigenvalue weighted by Crippen LogP contribution is -2.56. The van der Waals surface area contributed by atoms with Gasteiger partial charge < -0.3 is 25.3 Å². The highest BCUT2D eigenvalue weighted by atomic mass is 16.2. The molecule has 0 saturated carbocycles. The number of carbonyl (C=O) groups excluding carboxylic acids is 1. The number of hydrogen-bond donors (Lipinski definition) is 2. The Hall–Kier alpha value is -3.89. The number of pyridine rings is 1. The van der Waals surface area contributed by atoms with Crippen LogP contribution in [0.3, 0.4) is 0 Å². The molecule has 0 spiro atoms. The van der Waals surface area contributed by atoms with Gasteiger partial charge in [0.2, 0.25) is 5.95 Å². The van der Waals surface area contributed by atoms with Crippen LogP contribution in [0.15, 0.2) is 36.9 Å². The molecule has 0 unspecified atom stereocenters. The van der Waals surface area contributed by atoms with E-state index in [-0.39, 0.29) is 18.0 Å². The van der Waals surface area contributed by atoms with Crippen molar-refractivity contribution in [3.63, 3.8) is 0 Å². The zero-order valence-electron chi connectivity index (χ0n) is 17.4. The second-order valence-electron chi connectivity index (χ2n) is 7.62. The second kappa shape index (κ2) is 7.42. The van der Waals surface area contributed by atoms with Gasteiger partial charge in [-0.25, -0.2) is 9.78 Å². The fraction of sp³-hybridized carbons (Fsp3) is 0.350. The van der Waals surface area contributed by atoms with E-state index in [1.54, 1.807) is 17.1 Å². The average Bonchev–Trinajstić information content (AvgIpc) is 3.40. The van der Waals surface area contributed by atoms with Gasteiger partial charge in [0.05, 0.1) is 17.3 Å². The Kier molecular flexibility index (Phi) is 4.57. The number of urea groups is 1. The van der Waals surface area contributed by atoms with Crippen molar-refractivity contribution in [3.8, 4) is 0 Å². The third-order valence-electron chi connectivity index (χ3n) is 5.76. The number of nitrogen functional groups attached to an aromatic ring is 1. The van der Waals surface area contributed by atoms with Gasteiger partial charge in [0.1, 0.15) is 5.82 Å². The van der Waals surface area contributed by atoms with Crippen molar-refractivity contribution >= 4 is 40.2 Å². The predicted molar refractivity (Wildman–Crippen MR) is 118 cm³/mol. The van der Waals surface area contributed by atoms with E-state index in [0.717, 1.165) is 23.3 Å². The van der Waals surface area contributed by atoms with E-state index in [1.807, 2.05) is 40.9 Å². The second-order valence-corrected chi connectivity index (χ2v) is 7.62. The third-order valence-corrected chi connectivity index (χ3v) is 5.76. The van der Waals surface area contributed by atoms with Gasteiger partial charge in [0.25, 0.3) is 0 Å². The molecule has 2 amide bonds. The number of rotatable bonds is 3. The lowest BCUT2D eigenvalue weighted by Gasteiger charge is -2.41. The maximum Gasteiger partial charge on any atom is 0.322 e. The number of nitrogens with zero attached hydrogens (tertiary/aromatic N) is 8. The summed E-state index contributed by atoms with van der Waals surface area (Å²) < 4.78 is 3.57. The van der Waals surface area contributed by atoms with Crippen molar-refractivity contribution in [3.05, 3.63) is 36.9 Å². The van der Waals surface area contributed by atoms with E-state index in [4.69, 9.17) is 5.73 Å². The smallest absolute Gasteiger partial charge is 0.322 e. The van der Waals surface area contributed by atoms with Crippen LogP contribution in [0.25, 0.3) is 16.7 Å². The van der Waals surface area contributed by atoms with E-state index in [0.29, 0.717) is 31.0 Å². The Bertz CT molecular complexity index is 1260. The van der Waals surface area contributed by atoms with Crippen LogP contribution in [0.5, 0.6) is 0 Å². The van der Waals surface area contributed by atoms with Crippen molar-refractivity contribution in [2.75, 3.05) is 35.6 Å². The van der Waals surface area contributed by atoms with E-state index < -0.39 is 0 Å². The van der Waals surface area contributed by atoms with E-state index in [2.05, 4.69) is 37.2 Å². The molecule has 1 fully saturated rings. The van der Waals surface area contributed by atoms with Gasteiger partial charge in [0.15, 0.2) is 11.3 Å². The number of aromatic nitrogens is 6. The van der Waals surface area contributed by atoms with Crippen LogP contribution in [-0.2, 0) is 7.05 Å². The van der Waals surface area contributed by atoms with Crippen LogP contribution in [0.1, 0.15) is 13.3 Å². The van der Waals surface area contributed by atoms with Crippen LogP contribution < -0.4 is 16.0 Å². The van der Waals surface area contributed by atoms with E-state index in [9.17, 15) is 4.79 Å². The minimum Gasteiger partial charge on any atom is -0.368 e. The van der Waals surface area contributed by atoms with Gasteiger partial charge in [-0.15, -0.1) is 0 Å². The molecule has 4 aromatic rings. The van der Waals surface area contributed by atoms with Crippen molar-refractivity contribution in [1.82, 2.24) is 34.0 Å². The standard InChI is InChI=1S/C20H24N10O/c1-3-13-12-29(20(31)24-15-5-4-7-28-8-6-22-18(15)28)9-10-30(13)17-14-11-23-27(2)16(14)25-19(21)26-17/h4-8,11,13H,3,9-10,12H2,1-2H3,(H,24,31)(H2,21,25,26)/t13-/m0/s1. The number of hydrogen-bond acceptors (Lipinski definition) is 7. The third kappa shape index (κ3) is 3.27. The predicted octanol–water partition coefficient (Wildman–Crippen LogP) is 1.73. The van der Waals surface area contributed by atoms with Crippen LogP contribution in [0.4, 0.5) is 22.2 Å². The minimum absolute atomic E-state index is 0.0967. The number of amides is 2. The normalized spacial score (nSPS) is 16.9. The molecule has 5 heterocycles. The van der Waals surface area contributed by atoms with Gasteiger partial charge in [0, 0.05) is 51.3 Å². The number of nitrogens with one attached hydrogen (secondary N) is 1. The summed E-state index contributed by atoms with van der Waals surface area (Å²) in [4.78, 5) is 30.2. The largest absolute Gasteiger partial charge is 0.368 e. The summed E-state index contributed by atoms with van der Waals surface area (Å²) in [6, 6.07) is 3.70. The lowest BCUT2D eigenvalue weighted by atomic mass is 10.1. The molecule has 11 nitrogen and oxygen atoms in total. The van der Waals surface area contributed by atoms with Crippen LogP contribution in [-0.4, -0.2) is 65.7 Å². The van der Waals surface area contributed by atoms with Crippen LogP contribution in [0, 0.1) is 0 Å². The highest BCUT2D eigenvalue weighted by Crippen LogP contribution is 2.28. The van der Waals surface area contributed by atoms with Crippen molar-refractivity contribution in [2.24, 2.45) is 7.05 Å². The van der Waals surface area contributed by atoms with Gasteiger partial charge >= 0.3 is 6.03 Å². The molecule has 11 heteroatoms. The molecule has 0 radical (unpaired) electrons. The molecular weight excluding hydrogens is 396 g/mol. The average molecular weight is 420 g/mol. The molecule has 160 valence electrons. The summed E-state index contributed by atoms with van der Waals surface area (Å²) >= 11 is 0. The fourth-order valence-corrected chi connectivity index (χ4v) is 4.15. The molecule has 1 aliphatic rings. The number of aryl methyl sites for hydroxylation is 1. The highest BCUT2D eigenvalue weighted by molar-refractivity contribution is 5.93. The molecular formula is C20H24N10O. The Morgan fingerprint density at radius 2 is 2.13 bits per heavy atom. The molecule has 31 heavy (non-hydrogen) atoms. The van der Waals surface area contributed by atoms with E-state index >= 15 is 0 Å². The molecule has 0 bridgehead atoms. The first-order chi connectivity index (χ1) is 15.0. The van der Waals surface area contributed by atoms with Gasteiger partial charge in [-0.05, 0) is 18.6 Å². The maximum absolute atomic E-state index is 13.0. The first-order valence-corrected chi connectivity index (χ1v) is 10.2. The monoisotopic (exact) mass is 420 g/mol. The van der Waals surface area contributed by atoms with Crippen LogP contribution in [0.2, 0.25) is 0 Å². The maximum atomic E-state index is 13.0. The van der Waals surface area contributed by atoms with Crippen molar-refractivity contribution in [2.45, 2.75) is 19.4 Å². The Morgan fingerprint density at radius 1 is 1.26 bits per heavy atom. The minimum atomic E-state index is -0.136. The molecule has 0 aromatic carbocycles. The zero-order chi connectivity index (χ0) is 21.5. The number of nitrogens with two attached hydrogens (primary N) is 1. The number of imidazole rings is 1. The summed E-state index contributed by atoms with van der Waals surface area (Å²) in [7, 11) is 1.83. The molecule has 5 rings (SSSR count). The van der Waals surface area contributed by atoms with E-state index in [1.165, 1.54) is 0 Å². The van der Waals surface area contributed by atoms with Crippen molar-refractivity contribution < 1.29 is 4.79 Å². The van der Waals surface area contributed by atoms with Gasteiger partial charge in [-0.2, -0.15) is 15.1 Å². The number of carbonyl (C=O) groups is 1. The quantitative estimate of drug-likeness (QED) is 0.517.